The van der Waals surface area contributed by atoms with E-state index in [1.165, 1.54) is 14.2 Å². The van der Waals surface area contributed by atoms with Crippen molar-refractivity contribution < 1.29 is 14.6 Å². The average Bonchev–Trinajstić information content (AvgIpc) is 2.30. The van der Waals surface area contributed by atoms with Crippen LogP contribution < -0.4 is 10.5 Å². The van der Waals surface area contributed by atoms with Crippen molar-refractivity contribution in [3.63, 3.8) is 0 Å². The van der Waals surface area contributed by atoms with Crippen LogP contribution in [0.5, 0.6) is 5.75 Å². The Kier molecular flexibility index (Phi) is 6.36. The van der Waals surface area contributed by atoms with Crippen molar-refractivity contribution in [2.45, 2.75) is 6.61 Å². The van der Waals surface area contributed by atoms with Crippen LogP contribution in [-0.2, 0) is 6.61 Å². The second kappa shape index (κ2) is 7.06. The van der Waals surface area contributed by atoms with Crippen LogP contribution in [0.15, 0.2) is 18.2 Å². The molecule has 0 atom stereocenters. The summed E-state index contributed by atoms with van der Waals surface area (Å²) in [7, 11) is 2.99. The Bertz CT molecular complexity index is 287. The van der Waals surface area contributed by atoms with Gasteiger partial charge in [0.2, 0.25) is 0 Å². The molecule has 1 rings (SSSR count). The lowest BCUT2D eigenvalue weighted by molar-refractivity contribution is 0.112. The minimum Gasteiger partial charge on any atom is -0.496 e. The van der Waals surface area contributed by atoms with Crippen LogP contribution in [0.3, 0.4) is 0 Å². The van der Waals surface area contributed by atoms with Crippen molar-refractivity contribution in [3.8, 4) is 5.75 Å². The molecule has 0 unspecified atom stereocenters. The third kappa shape index (κ3) is 3.16. The quantitative estimate of drug-likeness (QED) is 0.695. The molecule has 1 aromatic carbocycles. The number of aliphatic hydroxyl groups is 1. The van der Waals surface area contributed by atoms with E-state index in [0.29, 0.717) is 11.3 Å². The van der Waals surface area contributed by atoms with Crippen LogP contribution in [0, 0.1) is 0 Å². The highest BCUT2D eigenvalue weighted by atomic mass is 16.5. The molecule has 0 amide bonds. The summed E-state index contributed by atoms with van der Waals surface area (Å²) in [4.78, 5) is 10.4. The van der Waals surface area contributed by atoms with E-state index in [0.717, 1.165) is 11.8 Å². The third-order valence-corrected chi connectivity index (χ3v) is 1.61. The van der Waals surface area contributed by atoms with Crippen molar-refractivity contribution in [1.82, 2.24) is 0 Å². The summed E-state index contributed by atoms with van der Waals surface area (Å²) < 4.78 is 4.94. The molecular weight excluding hydrogens is 182 g/mol. The molecule has 0 heterocycles. The number of aldehydes is 1. The summed E-state index contributed by atoms with van der Waals surface area (Å²) in [5.74, 6) is 0.497. The fourth-order valence-corrected chi connectivity index (χ4v) is 0.951. The lowest BCUT2D eigenvalue weighted by Crippen LogP contribution is -1.92. The van der Waals surface area contributed by atoms with Gasteiger partial charge in [0.1, 0.15) is 5.75 Å². The molecule has 4 nitrogen and oxygen atoms in total. The number of methoxy groups -OCH3 is 1. The average molecular weight is 197 g/mol. The minimum atomic E-state index is -0.0461. The van der Waals surface area contributed by atoms with Gasteiger partial charge in [-0.2, -0.15) is 0 Å². The maximum Gasteiger partial charge on any atom is 0.153 e. The van der Waals surface area contributed by atoms with Gasteiger partial charge >= 0.3 is 0 Å². The van der Waals surface area contributed by atoms with Crippen LogP contribution in [0.1, 0.15) is 15.9 Å². The lowest BCUT2D eigenvalue weighted by Gasteiger charge is -2.04. The van der Waals surface area contributed by atoms with E-state index in [1.807, 2.05) is 0 Å². The fourth-order valence-electron chi connectivity index (χ4n) is 0.951. The van der Waals surface area contributed by atoms with Crippen LogP contribution >= 0.6 is 0 Å². The van der Waals surface area contributed by atoms with E-state index in [4.69, 9.17) is 9.84 Å². The molecule has 0 saturated carbocycles. The number of benzene rings is 1. The van der Waals surface area contributed by atoms with Gasteiger partial charge in [-0.05, 0) is 24.7 Å². The van der Waals surface area contributed by atoms with E-state index < -0.39 is 0 Å². The monoisotopic (exact) mass is 197 g/mol. The Morgan fingerprint density at radius 2 is 2.14 bits per heavy atom. The van der Waals surface area contributed by atoms with Crippen LogP contribution in [0.25, 0.3) is 0 Å². The Balaban J connectivity index is 0.000000791. The maximum atomic E-state index is 10.4. The number of hydrogen-bond donors (Lipinski definition) is 2. The molecule has 78 valence electrons. The van der Waals surface area contributed by atoms with Crippen LogP contribution in [0.2, 0.25) is 0 Å². The van der Waals surface area contributed by atoms with E-state index in [9.17, 15) is 4.79 Å². The Morgan fingerprint density at radius 1 is 1.50 bits per heavy atom. The number of aliphatic hydroxyl groups excluding tert-OH is 1. The Hall–Kier alpha value is -1.39. The third-order valence-electron chi connectivity index (χ3n) is 1.61. The number of ether oxygens (including phenoxy) is 1. The first-order valence-electron chi connectivity index (χ1n) is 4.12. The summed E-state index contributed by atoms with van der Waals surface area (Å²) in [5.41, 5.74) is 5.73. The predicted molar refractivity (Wildman–Crippen MR) is 54.4 cm³/mol. The zero-order chi connectivity index (χ0) is 11.0. The van der Waals surface area contributed by atoms with Crippen molar-refractivity contribution in [3.05, 3.63) is 29.3 Å². The van der Waals surface area contributed by atoms with Crippen LogP contribution in [0.4, 0.5) is 0 Å². The van der Waals surface area contributed by atoms with Gasteiger partial charge in [-0.15, -0.1) is 0 Å². The highest BCUT2D eigenvalue weighted by molar-refractivity contribution is 5.79. The molecule has 0 aromatic heterocycles. The smallest absolute Gasteiger partial charge is 0.153 e. The zero-order valence-electron chi connectivity index (χ0n) is 8.36. The number of hydrogen-bond acceptors (Lipinski definition) is 4. The molecule has 4 heteroatoms. The second-order valence-electron chi connectivity index (χ2n) is 2.35. The topological polar surface area (TPSA) is 72.6 Å². The molecule has 0 aliphatic rings. The van der Waals surface area contributed by atoms with E-state index in [2.05, 4.69) is 5.73 Å². The molecule has 0 bridgehead atoms. The van der Waals surface area contributed by atoms with Crippen LogP contribution in [-0.4, -0.2) is 25.6 Å². The molecule has 3 N–H and O–H groups in total. The highest BCUT2D eigenvalue weighted by Gasteiger charge is 2.01. The number of rotatable bonds is 3. The molecule has 0 fully saturated rings. The van der Waals surface area contributed by atoms with Gasteiger partial charge in [-0.25, -0.2) is 0 Å². The van der Waals surface area contributed by atoms with E-state index in [1.54, 1.807) is 18.2 Å². The predicted octanol–water partition coefficient (Wildman–Crippen LogP) is 0.575. The van der Waals surface area contributed by atoms with Crippen molar-refractivity contribution >= 4 is 6.29 Å². The van der Waals surface area contributed by atoms with E-state index in [-0.39, 0.29) is 6.61 Å². The Morgan fingerprint density at radius 3 is 2.57 bits per heavy atom. The van der Waals surface area contributed by atoms with Crippen molar-refractivity contribution in [2.75, 3.05) is 14.2 Å². The molecule has 0 saturated heterocycles. The Labute approximate surface area is 83.3 Å². The fraction of sp³-hybridized carbons (Fsp3) is 0.300. The van der Waals surface area contributed by atoms with Crippen molar-refractivity contribution in [1.29, 1.82) is 0 Å². The summed E-state index contributed by atoms with van der Waals surface area (Å²) in [6.45, 7) is -0.0461. The van der Waals surface area contributed by atoms with Gasteiger partial charge in [0.25, 0.3) is 0 Å². The summed E-state index contributed by atoms with van der Waals surface area (Å²) in [5, 5.41) is 8.78. The first-order chi connectivity index (χ1) is 6.81. The molecule has 1 aromatic rings. The van der Waals surface area contributed by atoms with Gasteiger partial charge in [-0.3, -0.25) is 4.79 Å². The number of carbonyl (C=O) groups excluding carboxylic acids is 1. The molecule has 0 spiro atoms. The normalized spacial score (nSPS) is 8.57. The molecule has 14 heavy (non-hydrogen) atoms. The molecule has 0 aliphatic heterocycles. The standard InChI is InChI=1S/C9H10O3.CH5N/c1-12-9-4-7(5-10)2-3-8(9)6-11;1-2/h2-4,6,10H,5H2,1H3;2H2,1H3. The summed E-state index contributed by atoms with van der Waals surface area (Å²) in [6, 6.07) is 4.95. The second-order valence-corrected chi connectivity index (χ2v) is 2.35. The summed E-state index contributed by atoms with van der Waals surface area (Å²) in [6.07, 6.45) is 0.722. The van der Waals surface area contributed by atoms with Crippen molar-refractivity contribution in [2.24, 2.45) is 5.73 Å². The van der Waals surface area contributed by atoms with E-state index >= 15 is 0 Å². The molecular formula is C10H15NO3. The van der Waals surface area contributed by atoms with Gasteiger partial charge in [0.15, 0.2) is 6.29 Å². The molecule has 0 aliphatic carbocycles. The molecule has 0 radical (unpaired) electrons. The van der Waals surface area contributed by atoms with Gasteiger partial charge in [0, 0.05) is 0 Å². The number of nitrogens with two attached hydrogens (primary N) is 1. The SMILES string of the molecule is CN.COc1cc(CO)ccc1C=O. The van der Waals surface area contributed by atoms with Gasteiger partial charge < -0.3 is 15.6 Å². The summed E-state index contributed by atoms with van der Waals surface area (Å²) >= 11 is 0. The zero-order valence-corrected chi connectivity index (χ0v) is 8.36. The first-order valence-corrected chi connectivity index (χ1v) is 4.12. The highest BCUT2D eigenvalue weighted by Crippen LogP contribution is 2.17. The van der Waals surface area contributed by atoms with Gasteiger partial charge in [-0.1, -0.05) is 6.07 Å². The maximum absolute atomic E-state index is 10.4. The van der Waals surface area contributed by atoms with Gasteiger partial charge in [0.05, 0.1) is 19.3 Å². The largest absolute Gasteiger partial charge is 0.496 e. The lowest BCUT2D eigenvalue weighted by atomic mass is 10.1. The first kappa shape index (κ1) is 12.6. The minimum absolute atomic E-state index is 0.0461. The number of carbonyl (C=O) groups is 1.